The minimum absolute atomic E-state index is 0.0963. The summed E-state index contributed by atoms with van der Waals surface area (Å²) in [7, 11) is 0. The van der Waals surface area contributed by atoms with Gasteiger partial charge in [0.25, 0.3) is 0 Å². The molecule has 0 atom stereocenters. The zero-order chi connectivity index (χ0) is 13.8. The van der Waals surface area contributed by atoms with Gasteiger partial charge in [0.2, 0.25) is 5.91 Å². The summed E-state index contributed by atoms with van der Waals surface area (Å²) in [5.41, 5.74) is 2.20. The zero-order valence-corrected chi connectivity index (χ0v) is 11.2. The molecule has 0 aliphatic heterocycles. The minimum Gasteiger partial charge on any atom is -0.361 e. The molecule has 0 aromatic carbocycles. The SMILES string of the molecule is Cc1nc(NN)cc(NCC(=O)NC(C)(C)C)n1. The molecule has 5 N–H and O–H groups in total. The summed E-state index contributed by atoms with van der Waals surface area (Å²) in [6.07, 6.45) is 0. The summed E-state index contributed by atoms with van der Waals surface area (Å²) in [6, 6.07) is 1.64. The van der Waals surface area contributed by atoms with Gasteiger partial charge in [0.05, 0.1) is 6.54 Å². The van der Waals surface area contributed by atoms with Crippen LogP contribution in [0.25, 0.3) is 0 Å². The summed E-state index contributed by atoms with van der Waals surface area (Å²) in [6.45, 7) is 7.68. The van der Waals surface area contributed by atoms with Gasteiger partial charge in [-0.1, -0.05) is 0 Å². The van der Waals surface area contributed by atoms with Crippen molar-refractivity contribution >= 4 is 17.5 Å². The molecule has 18 heavy (non-hydrogen) atoms. The number of hydrogen-bond donors (Lipinski definition) is 4. The maximum absolute atomic E-state index is 11.6. The molecule has 1 amide bonds. The molecule has 0 unspecified atom stereocenters. The first-order valence-electron chi connectivity index (χ1n) is 5.67. The summed E-state index contributed by atoms with van der Waals surface area (Å²) in [4.78, 5) is 19.8. The number of carbonyl (C=O) groups excluding carboxylic acids is 1. The molecular weight excluding hydrogens is 232 g/mol. The van der Waals surface area contributed by atoms with Crippen LogP contribution in [-0.4, -0.2) is 28.0 Å². The number of rotatable bonds is 4. The van der Waals surface area contributed by atoms with E-state index in [1.807, 2.05) is 20.8 Å². The Bertz CT molecular complexity index is 426. The average Bonchev–Trinajstić information content (AvgIpc) is 2.23. The van der Waals surface area contributed by atoms with Gasteiger partial charge in [-0.3, -0.25) is 4.79 Å². The van der Waals surface area contributed by atoms with Gasteiger partial charge in [-0.25, -0.2) is 15.8 Å². The van der Waals surface area contributed by atoms with Crippen molar-refractivity contribution < 1.29 is 4.79 Å². The minimum atomic E-state index is -0.246. The number of aromatic nitrogens is 2. The Morgan fingerprint density at radius 3 is 2.50 bits per heavy atom. The van der Waals surface area contributed by atoms with Gasteiger partial charge in [0, 0.05) is 11.6 Å². The molecule has 0 radical (unpaired) electrons. The van der Waals surface area contributed by atoms with Crippen LogP contribution >= 0.6 is 0 Å². The Morgan fingerprint density at radius 1 is 1.33 bits per heavy atom. The van der Waals surface area contributed by atoms with E-state index in [0.29, 0.717) is 17.5 Å². The second-order valence-electron chi connectivity index (χ2n) is 4.98. The van der Waals surface area contributed by atoms with E-state index in [0.717, 1.165) is 0 Å². The number of aryl methyl sites for hydroxylation is 1. The number of hydrogen-bond acceptors (Lipinski definition) is 6. The fourth-order valence-electron chi connectivity index (χ4n) is 1.37. The maximum atomic E-state index is 11.6. The van der Waals surface area contributed by atoms with E-state index in [9.17, 15) is 4.79 Å². The molecule has 1 rings (SSSR count). The first-order valence-corrected chi connectivity index (χ1v) is 5.67. The lowest BCUT2D eigenvalue weighted by atomic mass is 10.1. The fourth-order valence-corrected chi connectivity index (χ4v) is 1.37. The monoisotopic (exact) mass is 252 g/mol. The predicted octanol–water partition coefficient (Wildman–Crippen LogP) is 0.397. The molecule has 0 fully saturated rings. The van der Waals surface area contributed by atoms with E-state index in [1.54, 1.807) is 13.0 Å². The lowest BCUT2D eigenvalue weighted by molar-refractivity contribution is -0.120. The zero-order valence-electron chi connectivity index (χ0n) is 11.2. The maximum Gasteiger partial charge on any atom is 0.239 e. The third-order valence-corrected chi connectivity index (χ3v) is 1.93. The molecule has 100 valence electrons. The Hall–Kier alpha value is -1.89. The van der Waals surface area contributed by atoms with Crippen LogP contribution in [0.2, 0.25) is 0 Å². The van der Waals surface area contributed by atoms with Gasteiger partial charge in [-0.15, -0.1) is 0 Å². The summed E-state index contributed by atoms with van der Waals surface area (Å²) < 4.78 is 0. The molecule has 1 aromatic rings. The standard InChI is InChI=1S/C11H20N6O/c1-7-14-8(5-9(15-7)17-12)13-6-10(18)16-11(2,3)4/h5H,6,12H2,1-4H3,(H,16,18)(H2,13,14,15,17). The lowest BCUT2D eigenvalue weighted by Crippen LogP contribution is -2.43. The highest BCUT2D eigenvalue weighted by Crippen LogP contribution is 2.09. The van der Waals surface area contributed by atoms with Crippen LogP contribution in [0.3, 0.4) is 0 Å². The van der Waals surface area contributed by atoms with Gasteiger partial charge in [0.15, 0.2) is 0 Å². The first kappa shape index (κ1) is 14.2. The molecule has 0 bridgehead atoms. The number of nitrogens with two attached hydrogens (primary N) is 1. The highest BCUT2D eigenvalue weighted by atomic mass is 16.2. The van der Waals surface area contributed by atoms with Crippen molar-refractivity contribution in [3.63, 3.8) is 0 Å². The molecule has 7 nitrogen and oxygen atoms in total. The molecule has 1 aromatic heterocycles. The van der Waals surface area contributed by atoms with Crippen LogP contribution in [0.15, 0.2) is 6.07 Å². The normalized spacial score (nSPS) is 10.9. The number of anilines is 2. The van der Waals surface area contributed by atoms with Crippen molar-refractivity contribution in [2.45, 2.75) is 33.2 Å². The number of nitrogens with zero attached hydrogens (tertiary/aromatic N) is 2. The topological polar surface area (TPSA) is 105 Å². The summed E-state index contributed by atoms with van der Waals surface area (Å²) >= 11 is 0. The van der Waals surface area contributed by atoms with Crippen LogP contribution in [0.4, 0.5) is 11.6 Å². The molecular formula is C11H20N6O. The van der Waals surface area contributed by atoms with Crippen LogP contribution in [0, 0.1) is 6.92 Å². The summed E-state index contributed by atoms with van der Waals surface area (Å²) in [5.74, 6) is 6.81. The third-order valence-electron chi connectivity index (χ3n) is 1.93. The number of nitrogen functional groups attached to an aromatic ring is 1. The third kappa shape index (κ3) is 4.96. The van der Waals surface area contributed by atoms with Gasteiger partial charge in [-0.05, 0) is 27.7 Å². The van der Waals surface area contributed by atoms with Crippen LogP contribution in [0.1, 0.15) is 26.6 Å². The van der Waals surface area contributed by atoms with E-state index in [4.69, 9.17) is 5.84 Å². The smallest absolute Gasteiger partial charge is 0.239 e. The molecule has 0 saturated heterocycles. The second-order valence-corrected chi connectivity index (χ2v) is 4.98. The van der Waals surface area contributed by atoms with Crippen molar-refractivity contribution in [1.82, 2.24) is 15.3 Å². The molecule has 0 aliphatic rings. The highest BCUT2D eigenvalue weighted by Gasteiger charge is 2.13. The summed E-state index contributed by atoms with van der Waals surface area (Å²) in [5, 5.41) is 5.77. The van der Waals surface area contributed by atoms with Crippen LogP contribution < -0.4 is 21.9 Å². The molecule has 7 heteroatoms. The Balaban J connectivity index is 2.58. The van der Waals surface area contributed by atoms with Gasteiger partial charge in [0.1, 0.15) is 17.5 Å². The largest absolute Gasteiger partial charge is 0.361 e. The Labute approximate surface area is 107 Å². The molecule has 1 heterocycles. The number of hydrazine groups is 1. The Morgan fingerprint density at radius 2 is 1.94 bits per heavy atom. The van der Waals surface area contributed by atoms with Gasteiger partial charge < -0.3 is 16.1 Å². The van der Waals surface area contributed by atoms with Crippen molar-refractivity contribution in [2.24, 2.45) is 5.84 Å². The van der Waals surface area contributed by atoms with E-state index in [2.05, 4.69) is 26.0 Å². The number of carbonyl (C=O) groups is 1. The second kappa shape index (κ2) is 5.63. The van der Waals surface area contributed by atoms with E-state index in [1.165, 1.54) is 0 Å². The van der Waals surface area contributed by atoms with Gasteiger partial charge in [-0.2, -0.15) is 0 Å². The highest BCUT2D eigenvalue weighted by molar-refractivity contribution is 5.81. The predicted molar refractivity (Wildman–Crippen MR) is 71.0 cm³/mol. The first-order chi connectivity index (χ1) is 8.30. The fraction of sp³-hybridized carbons (Fsp3) is 0.545. The number of amides is 1. The lowest BCUT2D eigenvalue weighted by Gasteiger charge is -2.20. The molecule has 0 aliphatic carbocycles. The van der Waals surface area contributed by atoms with Crippen LogP contribution in [-0.2, 0) is 4.79 Å². The van der Waals surface area contributed by atoms with Crippen molar-refractivity contribution in [3.8, 4) is 0 Å². The van der Waals surface area contributed by atoms with Crippen molar-refractivity contribution in [1.29, 1.82) is 0 Å². The van der Waals surface area contributed by atoms with E-state index >= 15 is 0 Å². The van der Waals surface area contributed by atoms with E-state index < -0.39 is 0 Å². The molecule has 0 saturated carbocycles. The van der Waals surface area contributed by atoms with E-state index in [-0.39, 0.29) is 18.0 Å². The Kier molecular flexibility index (Phi) is 4.43. The average molecular weight is 252 g/mol. The van der Waals surface area contributed by atoms with Gasteiger partial charge >= 0.3 is 0 Å². The quantitative estimate of drug-likeness (QED) is 0.456. The van der Waals surface area contributed by atoms with Crippen LogP contribution in [0.5, 0.6) is 0 Å². The van der Waals surface area contributed by atoms with Crippen molar-refractivity contribution in [3.05, 3.63) is 11.9 Å². The molecule has 0 spiro atoms. The number of nitrogens with one attached hydrogen (secondary N) is 3. The van der Waals surface area contributed by atoms with Crippen molar-refractivity contribution in [2.75, 3.05) is 17.3 Å².